The lowest BCUT2D eigenvalue weighted by molar-refractivity contribution is 0.438. The summed E-state index contributed by atoms with van der Waals surface area (Å²) in [4.78, 5) is 0.175. The number of nitrogens with one attached hydrogen (secondary N) is 1. The highest BCUT2D eigenvalue weighted by atomic mass is 32.2. The molecule has 3 N–H and O–H groups in total. The third-order valence-corrected chi connectivity index (χ3v) is 4.52. The van der Waals surface area contributed by atoms with Gasteiger partial charge in [-0.2, -0.15) is 0 Å². The number of nitrogens with two attached hydrogens (primary N) is 1. The van der Waals surface area contributed by atoms with Crippen molar-refractivity contribution in [2.45, 2.75) is 50.1 Å². The Morgan fingerprint density at radius 2 is 2.05 bits per heavy atom. The van der Waals surface area contributed by atoms with Crippen LogP contribution in [0.5, 0.6) is 0 Å². The Bertz CT molecular complexity index is 538. The van der Waals surface area contributed by atoms with Gasteiger partial charge in [0, 0.05) is 12.1 Å². The summed E-state index contributed by atoms with van der Waals surface area (Å²) in [6.45, 7) is 4.23. The molecular weight excluding hydrogens is 260 g/mol. The summed E-state index contributed by atoms with van der Waals surface area (Å²) in [5.74, 6) is 0.880. The Labute approximate surface area is 115 Å². The van der Waals surface area contributed by atoms with Crippen molar-refractivity contribution in [1.82, 2.24) is 5.32 Å². The molecule has 4 nitrogen and oxygen atoms in total. The number of benzene rings is 1. The quantitative estimate of drug-likeness (QED) is 0.840. The van der Waals surface area contributed by atoms with Gasteiger partial charge in [0.2, 0.25) is 10.0 Å². The molecule has 19 heavy (non-hydrogen) atoms. The fourth-order valence-corrected chi connectivity index (χ4v) is 2.97. The lowest BCUT2D eigenvalue weighted by Crippen LogP contribution is -2.29. The van der Waals surface area contributed by atoms with E-state index in [1.807, 2.05) is 13.0 Å². The van der Waals surface area contributed by atoms with Gasteiger partial charge in [0.25, 0.3) is 0 Å². The minimum absolute atomic E-state index is 0.121. The second-order valence-electron chi connectivity index (χ2n) is 5.59. The minimum Gasteiger partial charge on any atom is -0.308 e. The standard InChI is InChI=1S/C14H22N2O2S/c1-10(8-12-6-7-12)16-11(2)13-4-3-5-14(9-13)19(15,17)18/h3-5,9-12,16H,6-8H2,1-2H3,(H2,15,17,18). The van der Waals surface area contributed by atoms with Crippen LogP contribution in [0.4, 0.5) is 0 Å². The lowest BCUT2D eigenvalue weighted by Gasteiger charge is -2.20. The molecule has 1 aliphatic carbocycles. The van der Waals surface area contributed by atoms with E-state index in [1.165, 1.54) is 25.3 Å². The van der Waals surface area contributed by atoms with Gasteiger partial charge in [0.05, 0.1) is 4.90 Å². The van der Waals surface area contributed by atoms with E-state index in [2.05, 4.69) is 12.2 Å². The van der Waals surface area contributed by atoms with Gasteiger partial charge in [-0.05, 0) is 43.9 Å². The van der Waals surface area contributed by atoms with E-state index in [9.17, 15) is 8.42 Å². The maximum Gasteiger partial charge on any atom is 0.238 e. The van der Waals surface area contributed by atoms with Crippen LogP contribution in [0.15, 0.2) is 29.2 Å². The number of hydrogen-bond donors (Lipinski definition) is 2. The van der Waals surface area contributed by atoms with Gasteiger partial charge in [-0.25, -0.2) is 13.6 Å². The van der Waals surface area contributed by atoms with E-state index in [4.69, 9.17) is 5.14 Å². The summed E-state index contributed by atoms with van der Waals surface area (Å²) < 4.78 is 22.7. The van der Waals surface area contributed by atoms with Crippen LogP contribution in [-0.4, -0.2) is 14.5 Å². The maximum atomic E-state index is 11.3. The predicted molar refractivity (Wildman–Crippen MR) is 76.2 cm³/mol. The van der Waals surface area contributed by atoms with Crippen LogP contribution in [0, 0.1) is 5.92 Å². The summed E-state index contributed by atoms with van der Waals surface area (Å²) in [6, 6.07) is 7.40. The normalized spacial score (nSPS) is 19.1. The van der Waals surface area contributed by atoms with E-state index in [1.54, 1.807) is 12.1 Å². The SMILES string of the molecule is CC(CC1CC1)NC(C)c1cccc(S(N)(=O)=O)c1. The summed E-state index contributed by atoms with van der Waals surface area (Å²) >= 11 is 0. The summed E-state index contributed by atoms with van der Waals surface area (Å²) in [5.41, 5.74) is 0.953. The van der Waals surface area contributed by atoms with Gasteiger partial charge in [0.15, 0.2) is 0 Å². The van der Waals surface area contributed by atoms with Crippen molar-refractivity contribution in [2.24, 2.45) is 11.1 Å². The molecular formula is C14H22N2O2S. The summed E-state index contributed by atoms with van der Waals surface area (Å²) in [5, 5.41) is 8.66. The average molecular weight is 282 g/mol. The summed E-state index contributed by atoms with van der Waals surface area (Å²) in [7, 11) is -3.62. The molecule has 0 radical (unpaired) electrons. The molecule has 2 rings (SSSR count). The van der Waals surface area contributed by atoms with E-state index < -0.39 is 10.0 Å². The molecule has 106 valence electrons. The first-order valence-corrected chi connectivity index (χ1v) is 8.29. The zero-order valence-electron chi connectivity index (χ0n) is 11.5. The molecule has 1 saturated carbocycles. The van der Waals surface area contributed by atoms with Crippen LogP contribution in [0.2, 0.25) is 0 Å². The molecule has 0 aromatic heterocycles. The highest BCUT2D eigenvalue weighted by Gasteiger charge is 2.24. The van der Waals surface area contributed by atoms with Crippen molar-refractivity contribution in [2.75, 3.05) is 0 Å². The van der Waals surface area contributed by atoms with Crippen molar-refractivity contribution in [3.05, 3.63) is 29.8 Å². The highest BCUT2D eigenvalue weighted by molar-refractivity contribution is 7.89. The van der Waals surface area contributed by atoms with Crippen molar-refractivity contribution in [3.63, 3.8) is 0 Å². The Morgan fingerprint density at radius 1 is 1.37 bits per heavy atom. The largest absolute Gasteiger partial charge is 0.308 e. The molecule has 5 heteroatoms. The fourth-order valence-electron chi connectivity index (χ4n) is 2.41. The molecule has 1 aromatic rings. The Kier molecular flexibility index (Phi) is 4.28. The first-order chi connectivity index (χ1) is 8.86. The van der Waals surface area contributed by atoms with Gasteiger partial charge in [-0.15, -0.1) is 0 Å². The molecule has 0 amide bonds. The molecule has 0 bridgehead atoms. The molecule has 0 saturated heterocycles. The maximum absolute atomic E-state index is 11.3. The molecule has 2 atom stereocenters. The second kappa shape index (κ2) is 5.61. The lowest BCUT2D eigenvalue weighted by atomic mass is 10.1. The molecule has 1 fully saturated rings. The van der Waals surface area contributed by atoms with Crippen LogP contribution in [-0.2, 0) is 10.0 Å². The predicted octanol–water partition coefficient (Wildman–Crippen LogP) is 2.17. The monoisotopic (exact) mass is 282 g/mol. The van der Waals surface area contributed by atoms with Crippen LogP contribution < -0.4 is 10.5 Å². The third-order valence-electron chi connectivity index (χ3n) is 3.60. The molecule has 2 unspecified atom stereocenters. The topological polar surface area (TPSA) is 72.2 Å². The molecule has 0 spiro atoms. The first-order valence-electron chi connectivity index (χ1n) is 6.75. The zero-order chi connectivity index (χ0) is 14.0. The number of rotatable bonds is 6. The number of hydrogen-bond acceptors (Lipinski definition) is 3. The second-order valence-corrected chi connectivity index (χ2v) is 7.15. The molecule has 1 aromatic carbocycles. The minimum atomic E-state index is -3.62. The van der Waals surface area contributed by atoms with Crippen LogP contribution in [0.1, 0.15) is 44.7 Å². The van der Waals surface area contributed by atoms with Crippen LogP contribution in [0.25, 0.3) is 0 Å². The van der Waals surface area contributed by atoms with E-state index in [0.717, 1.165) is 11.5 Å². The van der Waals surface area contributed by atoms with Crippen LogP contribution in [0.3, 0.4) is 0 Å². The Balaban J connectivity index is 2.03. The van der Waals surface area contributed by atoms with Gasteiger partial charge >= 0.3 is 0 Å². The van der Waals surface area contributed by atoms with E-state index in [-0.39, 0.29) is 10.9 Å². The van der Waals surface area contributed by atoms with Crippen molar-refractivity contribution >= 4 is 10.0 Å². The van der Waals surface area contributed by atoms with Crippen molar-refractivity contribution in [1.29, 1.82) is 0 Å². The Hall–Kier alpha value is -0.910. The zero-order valence-corrected chi connectivity index (χ0v) is 12.3. The number of sulfonamides is 1. The van der Waals surface area contributed by atoms with Crippen LogP contribution >= 0.6 is 0 Å². The molecule has 1 aliphatic rings. The fraction of sp³-hybridized carbons (Fsp3) is 0.571. The molecule has 0 heterocycles. The average Bonchev–Trinajstić information content (AvgIpc) is 3.11. The van der Waals surface area contributed by atoms with Gasteiger partial charge in [0.1, 0.15) is 0 Å². The Morgan fingerprint density at radius 3 is 2.63 bits per heavy atom. The number of primary sulfonamides is 1. The van der Waals surface area contributed by atoms with Crippen molar-refractivity contribution < 1.29 is 8.42 Å². The molecule has 0 aliphatic heterocycles. The summed E-state index contributed by atoms with van der Waals surface area (Å²) in [6.07, 6.45) is 3.89. The first kappa shape index (κ1) is 14.5. The van der Waals surface area contributed by atoms with E-state index >= 15 is 0 Å². The van der Waals surface area contributed by atoms with E-state index in [0.29, 0.717) is 6.04 Å². The van der Waals surface area contributed by atoms with Crippen molar-refractivity contribution in [3.8, 4) is 0 Å². The van der Waals surface area contributed by atoms with Gasteiger partial charge in [-0.1, -0.05) is 25.0 Å². The highest BCUT2D eigenvalue weighted by Crippen LogP contribution is 2.33. The van der Waals surface area contributed by atoms with Gasteiger partial charge in [-0.3, -0.25) is 0 Å². The van der Waals surface area contributed by atoms with Gasteiger partial charge < -0.3 is 5.32 Å². The third kappa shape index (κ3) is 4.30. The smallest absolute Gasteiger partial charge is 0.238 e.